The molecule has 0 aliphatic carbocycles. The zero-order valence-corrected chi connectivity index (χ0v) is 12.1. The van der Waals surface area contributed by atoms with E-state index in [0.29, 0.717) is 31.7 Å². The SMILES string of the molecule is CCCC(N)C(=O)N(C)CCCOc1ccc(F)cc1. The molecule has 0 radical (unpaired) electrons. The van der Waals surface area contributed by atoms with Crippen LogP contribution in [-0.2, 0) is 4.79 Å². The van der Waals surface area contributed by atoms with Crippen LogP contribution in [0, 0.1) is 5.82 Å². The summed E-state index contributed by atoms with van der Waals surface area (Å²) in [6, 6.07) is 5.47. The number of likely N-dealkylation sites (N-methyl/N-ethyl adjacent to an activating group) is 1. The smallest absolute Gasteiger partial charge is 0.239 e. The molecule has 0 fully saturated rings. The molecule has 0 aromatic heterocycles. The summed E-state index contributed by atoms with van der Waals surface area (Å²) < 4.78 is 18.2. The summed E-state index contributed by atoms with van der Waals surface area (Å²) in [6.45, 7) is 3.08. The Labute approximate surface area is 119 Å². The van der Waals surface area contributed by atoms with Crippen molar-refractivity contribution >= 4 is 5.91 Å². The maximum atomic E-state index is 12.7. The molecule has 4 nitrogen and oxygen atoms in total. The largest absolute Gasteiger partial charge is 0.494 e. The predicted octanol–water partition coefficient (Wildman–Crippen LogP) is 2.18. The van der Waals surface area contributed by atoms with Gasteiger partial charge < -0.3 is 15.4 Å². The summed E-state index contributed by atoms with van der Waals surface area (Å²) in [5.41, 5.74) is 5.78. The third-order valence-corrected chi connectivity index (χ3v) is 3.01. The fourth-order valence-electron chi connectivity index (χ4n) is 1.85. The minimum atomic E-state index is -0.414. The molecule has 2 N–H and O–H groups in total. The summed E-state index contributed by atoms with van der Waals surface area (Å²) >= 11 is 0. The van der Waals surface area contributed by atoms with Crippen molar-refractivity contribution in [2.45, 2.75) is 32.2 Å². The van der Waals surface area contributed by atoms with E-state index in [4.69, 9.17) is 10.5 Å². The van der Waals surface area contributed by atoms with Crippen molar-refractivity contribution in [1.29, 1.82) is 0 Å². The van der Waals surface area contributed by atoms with Crippen LogP contribution < -0.4 is 10.5 Å². The number of hydrogen-bond acceptors (Lipinski definition) is 3. The third-order valence-electron chi connectivity index (χ3n) is 3.01. The monoisotopic (exact) mass is 282 g/mol. The summed E-state index contributed by atoms with van der Waals surface area (Å²) in [4.78, 5) is 13.5. The van der Waals surface area contributed by atoms with E-state index in [1.807, 2.05) is 6.92 Å². The second-order valence-electron chi connectivity index (χ2n) is 4.81. The van der Waals surface area contributed by atoms with Gasteiger partial charge in [0, 0.05) is 13.6 Å². The van der Waals surface area contributed by atoms with E-state index in [0.717, 1.165) is 6.42 Å². The van der Waals surface area contributed by atoms with Crippen LogP contribution in [0.5, 0.6) is 5.75 Å². The van der Waals surface area contributed by atoms with E-state index < -0.39 is 6.04 Å². The Hall–Kier alpha value is -1.62. The normalized spacial score (nSPS) is 12.0. The Bertz CT molecular complexity index is 409. The molecule has 1 aromatic rings. The summed E-state index contributed by atoms with van der Waals surface area (Å²) in [5, 5.41) is 0. The number of amides is 1. The third kappa shape index (κ3) is 5.57. The Balaban J connectivity index is 2.23. The molecule has 0 saturated heterocycles. The number of halogens is 1. The number of carbonyl (C=O) groups excluding carboxylic acids is 1. The van der Waals surface area contributed by atoms with Crippen molar-refractivity contribution in [2.24, 2.45) is 5.73 Å². The number of rotatable bonds is 8. The Kier molecular flexibility index (Phi) is 7.01. The lowest BCUT2D eigenvalue weighted by Crippen LogP contribution is -2.42. The molecule has 1 atom stereocenters. The van der Waals surface area contributed by atoms with E-state index >= 15 is 0 Å². The quantitative estimate of drug-likeness (QED) is 0.744. The number of nitrogens with two attached hydrogens (primary N) is 1. The summed E-state index contributed by atoms with van der Waals surface area (Å²) in [5.74, 6) is 0.310. The number of ether oxygens (including phenoxy) is 1. The van der Waals surface area contributed by atoms with E-state index in [-0.39, 0.29) is 11.7 Å². The maximum Gasteiger partial charge on any atom is 0.239 e. The average Bonchev–Trinajstić information content (AvgIpc) is 2.44. The minimum absolute atomic E-state index is 0.0337. The molecule has 0 bridgehead atoms. The predicted molar refractivity (Wildman–Crippen MR) is 77.0 cm³/mol. The van der Waals surface area contributed by atoms with Crippen molar-refractivity contribution in [2.75, 3.05) is 20.2 Å². The van der Waals surface area contributed by atoms with Gasteiger partial charge in [0.05, 0.1) is 12.6 Å². The second kappa shape index (κ2) is 8.53. The molecular weight excluding hydrogens is 259 g/mol. The average molecular weight is 282 g/mol. The van der Waals surface area contributed by atoms with Gasteiger partial charge in [-0.15, -0.1) is 0 Å². The molecule has 0 heterocycles. The Morgan fingerprint density at radius 2 is 2.05 bits per heavy atom. The van der Waals surface area contributed by atoms with Crippen LogP contribution in [0.2, 0.25) is 0 Å². The van der Waals surface area contributed by atoms with Crippen molar-refractivity contribution in [3.05, 3.63) is 30.1 Å². The van der Waals surface area contributed by atoms with E-state index in [9.17, 15) is 9.18 Å². The van der Waals surface area contributed by atoms with Crippen LogP contribution in [0.3, 0.4) is 0 Å². The zero-order valence-electron chi connectivity index (χ0n) is 12.1. The molecule has 112 valence electrons. The van der Waals surface area contributed by atoms with Gasteiger partial charge in [-0.1, -0.05) is 13.3 Å². The van der Waals surface area contributed by atoms with Gasteiger partial charge in [-0.05, 0) is 37.1 Å². The van der Waals surface area contributed by atoms with Crippen LogP contribution in [-0.4, -0.2) is 37.0 Å². The molecular formula is C15H23FN2O2. The zero-order chi connectivity index (χ0) is 15.0. The van der Waals surface area contributed by atoms with Gasteiger partial charge in [-0.25, -0.2) is 4.39 Å². The van der Waals surface area contributed by atoms with Crippen molar-refractivity contribution < 1.29 is 13.9 Å². The first-order chi connectivity index (χ1) is 9.54. The molecule has 1 amide bonds. The van der Waals surface area contributed by atoms with Gasteiger partial charge in [-0.2, -0.15) is 0 Å². The fraction of sp³-hybridized carbons (Fsp3) is 0.533. The molecule has 1 aromatic carbocycles. The number of carbonyl (C=O) groups is 1. The summed E-state index contributed by atoms with van der Waals surface area (Å²) in [6.07, 6.45) is 2.31. The van der Waals surface area contributed by atoms with Crippen molar-refractivity contribution in [1.82, 2.24) is 4.90 Å². The first-order valence-electron chi connectivity index (χ1n) is 6.93. The van der Waals surface area contributed by atoms with Gasteiger partial charge in [-0.3, -0.25) is 4.79 Å². The van der Waals surface area contributed by atoms with Crippen molar-refractivity contribution in [3.63, 3.8) is 0 Å². The lowest BCUT2D eigenvalue weighted by molar-refractivity contribution is -0.131. The molecule has 0 saturated carbocycles. The minimum Gasteiger partial charge on any atom is -0.494 e. The first-order valence-corrected chi connectivity index (χ1v) is 6.93. The lowest BCUT2D eigenvalue weighted by Gasteiger charge is -2.21. The summed E-state index contributed by atoms with van der Waals surface area (Å²) in [7, 11) is 1.75. The van der Waals surface area contributed by atoms with Gasteiger partial charge in [0.25, 0.3) is 0 Å². The molecule has 20 heavy (non-hydrogen) atoms. The van der Waals surface area contributed by atoms with Crippen LogP contribution >= 0.6 is 0 Å². The highest BCUT2D eigenvalue weighted by atomic mass is 19.1. The number of benzene rings is 1. The highest BCUT2D eigenvalue weighted by Gasteiger charge is 2.16. The highest BCUT2D eigenvalue weighted by molar-refractivity contribution is 5.81. The fourth-order valence-corrected chi connectivity index (χ4v) is 1.85. The van der Waals surface area contributed by atoms with Crippen LogP contribution in [0.25, 0.3) is 0 Å². The topological polar surface area (TPSA) is 55.6 Å². The van der Waals surface area contributed by atoms with E-state index in [2.05, 4.69) is 0 Å². The molecule has 0 spiro atoms. The standard InChI is InChI=1S/C15H23FN2O2/c1-3-5-14(17)15(19)18(2)10-4-11-20-13-8-6-12(16)7-9-13/h6-9,14H,3-5,10-11,17H2,1-2H3. The Morgan fingerprint density at radius 3 is 2.65 bits per heavy atom. The lowest BCUT2D eigenvalue weighted by atomic mass is 10.1. The highest BCUT2D eigenvalue weighted by Crippen LogP contribution is 2.11. The first kappa shape index (κ1) is 16.4. The molecule has 1 rings (SSSR count). The van der Waals surface area contributed by atoms with Gasteiger partial charge >= 0.3 is 0 Å². The van der Waals surface area contributed by atoms with E-state index in [1.165, 1.54) is 12.1 Å². The van der Waals surface area contributed by atoms with Crippen LogP contribution in [0.4, 0.5) is 4.39 Å². The van der Waals surface area contributed by atoms with Crippen molar-refractivity contribution in [3.8, 4) is 5.75 Å². The second-order valence-corrected chi connectivity index (χ2v) is 4.81. The number of nitrogens with zero attached hydrogens (tertiary/aromatic N) is 1. The molecule has 1 unspecified atom stereocenters. The Morgan fingerprint density at radius 1 is 1.40 bits per heavy atom. The molecule has 0 aliphatic rings. The van der Waals surface area contributed by atoms with Crippen LogP contribution in [0.15, 0.2) is 24.3 Å². The van der Waals surface area contributed by atoms with Gasteiger partial charge in [0.2, 0.25) is 5.91 Å². The van der Waals surface area contributed by atoms with Gasteiger partial charge in [0.1, 0.15) is 11.6 Å². The number of hydrogen-bond donors (Lipinski definition) is 1. The van der Waals surface area contributed by atoms with Gasteiger partial charge in [0.15, 0.2) is 0 Å². The molecule has 0 aliphatic heterocycles. The van der Waals surface area contributed by atoms with E-state index in [1.54, 1.807) is 24.1 Å². The van der Waals surface area contributed by atoms with Crippen LogP contribution in [0.1, 0.15) is 26.2 Å². The maximum absolute atomic E-state index is 12.7. The molecule has 5 heteroatoms.